The minimum absolute atomic E-state index is 0.00896. The van der Waals surface area contributed by atoms with E-state index < -0.39 is 5.97 Å². The van der Waals surface area contributed by atoms with E-state index >= 15 is 0 Å². The predicted molar refractivity (Wildman–Crippen MR) is 134 cm³/mol. The van der Waals surface area contributed by atoms with Gasteiger partial charge in [0.2, 0.25) is 5.13 Å². The largest absolute Gasteiger partial charge is 0.476 e. The van der Waals surface area contributed by atoms with Crippen molar-refractivity contribution in [3.05, 3.63) is 101 Å². The lowest BCUT2D eigenvalue weighted by atomic mass is 9.96. The number of rotatable bonds is 7. The Bertz CT molecular complexity index is 1430. The van der Waals surface area contributed by atoms with Crippen LogP contribution in [0.2, 0.25) is 0 Å². The van der Waals surface area contributed by atoms with E-state index in [9.17, 15) is 9.90 Å². The molecule has 3 aromatic heterocycles. The number of benzene rings is 2. The van der Waals surface area contributed by atoms with Gasteiger partial charge in [-0.15, -0.1) is 11.3 Å². The van der Waals surface area contributed by atoms with Gasteiger partial charge in [-0.3, -0.25) is 10.1 Å². The fourth-order valence-corrected chi connectivity index (χ4v) is 4.78. The summed E-state index contributed by atoms with van der Waals surface area (Å²) in [6.45, 7) is 0. The fraction of sp³-hybridized carbons (Fsp3) is 0.0400. The lowest BCUT2D eigenvalue weighted by molar-refractivity contribution is 0.0691. The van der Waals surface area contributed by atoms with Crippen molar-refractivity contribution in [3.63, 3.8) is 0 Å². The molecule has 3 N–H and O–H groups in total. The van der Waals surface area contributed by atoms with E-state index in [4.69, 9.17) is 10.2 Å². The first-order valence-electron chi connectivity index (χ1n) is 10.4. The van der Waals surface area contributed by atoms with E-state index in [1.807, 2.05) is 54.6 Å². The van der Waals surface area contributed by atoms with Gasteiger partial charge in [0.25, 0.3) is 0 Å². The summed E-state index contributed by atoms with van der Waals surface area (Å²) in [6, 6.07) is 21.9. The molecule has 0 fully saturated rings. The van der Waals surface area contributed by atoms with Crippen molar-refractivity contribution in [3.8, 4) is 27.6 Å². The van der Waals surface area contributed by atoms with E-state index in [1.54, 1.807) is 17.1 Å². The number of aromatic nitrogens is 4. The number of hydrogen-bond acceptors (Lipinski definition) is 7. The second-order valence-corrected chi connectivity index (χ2v) is 9.00. The summed E-state index contributed by atoms with van der Waals surface area (Å²) < 4.78 is 1.73. The van der Waals surface area contributed by atoms with E-state index in [0.717, 1.165) is 38.5 Å². The third-order valence-electron chi connectivity index (χ3n) is 5.30. The summed E-state index contributed by atoms with van der Waals surface area (Å²) in [5, 5.41) is 22.0. The van der Waals surface area contributed by atoms with Crippen molar-refractivity contribution in [1.82, 2.24) is 19.7 Å². The summed E-state index contributed by atoms with van der Waals surface area (Å²) in [4.78, 5) is 21.1. The van der Waals surface area contributed by atoms with Crippen LogP contribution in [0.1, 0.15) is 21.6 Å². The Morgan fingerprint density at radius 1 is 1.03 bits per heavy atom. The number of nitrogens with two attached hydrogens (primary N) is 1. The average molecular weight is 486 g/mol. The number of aromatic carboxylic acids is 1. The van der Waals surface area contributed by atoms with Gasteiger partial charge in [0.15, 0.2) is 5.69 Å². The Labute approximate surface area is 204 Å². The molecule has 0 saturated heterocycles. The highest BCUT2D eigenvalue weighted by atomic mass is 32.2. The molecule has 168 valence electrons. The van der Waals surface area contributed by atoms with Gasteiger partial charge in [-0.25, -0.2) is 14.5 Å². The predicted octanol–water partition coefficient (Wildman–Crippen LogP) is 5.31. The van der Waals surface area contributed by atoms with Crippen LogP contribution in [0.25, 0.3) is 27.6 Å². The highest BCUT2D eigenvalue weighted by Gasteiger charge is 2.24. The fourth-order valence-electron chi connectivity index (χ4n) is 3.73. The zero-order valence-electron chi connectivity index (χ0n) is 17.8. The molecule has 2 aromatic carbocycles. The third-order valence-corrected chi connectivity index (χ3v) is 6.66. The second kappa shape index (κ2) is 9.60. The van der Waals surface area contributed by atoms with Gasteiger partial charge >= 0.3 is 5.97 Å². The van der Waals surface area contributed by atoms with Crippen molar-refractivity contribution in [2.45, 2.75) is 11.3 Å². The van der Waals surface area contributed by atoms with E-state index in [-0.39, 0.29) is 5.69 Å². The molecule has 0 saturated carbocycles. The zero-order valence-corrected chi connectivity index (χ0v) is 19.5. The molecule has 0 bridgehead atoms. The zero-order chi connectivity index (χ0) is 23.5. The van der Waals surface area contributed by atoms with Crippen molar-refractivity contribution >= 4 is 29.3 Å². The molecule has 0 radical (unpaired) electrons. The first kappa shape index (κ1) is 22.0. The van der Waals surface area contributed by atoms with E-state index in [0.29, 0.717) is 11.6 Å². The van der Waals surface area contributed by atoms with Gasteiger partial charge in [-0.05, 0) is 41.8 Å². The summed E-state index contributed by atoms with van der Waals surface area (Å²) >= 11 is 2.45. The summed E-state index contributed by atoms with van der Waals surface area (Å²) in [6.07, 6.45) is 4.12. The van der Waals surface area contributed by atoms with Crippen molar-refractivity contribution < 1.29 is 9.90 Å². The lowest BCUT2D eigenvalue weighted by Crippen LogP contribution is -2.02. The van der Waals surface area contributed by atoms with Crippen LogP contribution in [0.3, 0.4) is 0 Å². The highest BCUT2D eigenvalue weighted by Crippen LogP contribution is 2.36. The van der Waals surface area contributed by atoms with E-state index in [1.165, 1.54) is 28.7 Å². The highest BCUT2D eigenvalue weighted by molar-refractivity contribution is 7.97. The molecule has 0 spiro atoms. The summed E-state index contributed by atoms with van der Waals surface area (Å²) in [7, 11) is 0. The molecule has 9 heteroatoms. The molecule has 7 nitrogen and oxygen atoms in total. The third kappa shape index (κ3) is 4.36. The van der Waals surface area contributed by atoms with Crippen LogP contribution in [0.15, 0.2) is 89.4 Å². The van der Waals surface area contributed by atoms with Crippen LogP contribution in [0, 0.1) is 0 Å². The van der Waals surface area contributed by atoms with Crippen LogP contribution in [-0.4, -0.2) is 30.8 Å². The number of carboxylic acids is 1. The lowest BCUT2D eigenvalue weighted by Gasteiger charge is -2.09. The molecule has 0 amide bonds. The topological polar surface area (TPSA) is 107 Å². The number of carbonyl (C=O) groups is 1. The Kier molecular flexibility index (Phi) is 6.22. The van der Waals surface area contributed by atoms with Crippen LogP contribution in [-0.2, 0) is 6.42 Å². The SMILES string of the molecule is NSc1ccc(Cc2c(-c3ccccc3)nn(-c3nc(C(=O)O)cs3)c2-c2cccnc2)cc1. The van der Waals surface area contributed by atoms with E-state index in [2.05, 4.69) is 22.1 Å². The van der Waals surface area contributed by atoms with Gasteiger partial charge in [-0.2, -0.15) is 5.10 Å². The maximum absolute atomic E-state index is 11.5. The van der Waals surface area contributed by atoms with Gasteiger partial charge in [0.1, 0.15) is 0 Å². The number of carboxylic acid groups (broad SMARTS) is 1. The van der Waals surface area contributed by atoms with Gasteiger partial charge < -0.3 is 5.11 Å². The maximum Gasteiger partial charge on any atom is 0.355 e. The van der Waals surface area contributed by atoms with Crippen molar-refractivity contribution in [2.75, 3.05) is 0 Å². The first-order valence-corrected chi connectivity index (χ1v) is 12.1. The molecular weight excluding hydrogens is 466 g/mol. The Morgan fingerprint density at radius 2 is 1.79 bits per heavy atom. The van der Waals surface area contributed by atoms with Gasteiger partial charge in [0, 0.05) is 45.8 Å². The quantitative estimate of drug-likeness (QED) is 0.301. The van der Waals surface area contributed by atoms with Crippen LogP contribution >= 0.6 is 23.3 Å². The summed E-state index contributed by atoms with van der Waals surface area (Å²) in [5.41, 5.74) is 5.56. The van der Waals surface area contributed by atoms with Crippen LogP contribution in [0.4, 0.5) is 0 Å². The van der Waals surface area contributed by atoms with Gasteiger partial charge in [0.05, 0.1) is 11.4 Å². The van der Waals surface area contributed by atoms with Crippen molar-refractivity contribution in [1.29, 1.82) is 0 Å². The molecule has 0 aliphatic heterocycles. The Morgan fingerprint density at radius 3 is 2.44 bits per heavy atom. The van der Waals surface area contributed by atoms with Crippen LogP contribution in [0.5, 0.6) is 0 Å². The first-order chi connectivity index (χ1) is 16.6. The smallest absolute Gasteiger partial charge is 0.355 e. The number of nitrogens with zero attached hydrogens (tertiary/aromatic N) is 4. The molecule has 3 heterocycles. The number of thiazole rings is 1. The monoisotopic (exact) mass is 485 g/mol. The van der Waals surface area contributed by atoms with Crippen LogP contribution < -0.4 is 5.14 Å². The average Bonchev–Trinajstić information content (AvgIpc) is 3.51. The maximum atomic E-state index is 11.5. The molecule has 34 heavy (non-hydrogen) atoms. The molecular formula is C25H19N5O2S2. The minimum Gasteiger partial charge on any atom is -0.476 e. The standard InChI is InChI=1S/C25H19N5O2S2/c26-34-19-10-8-16(9-11-19)13-20-22(17-5-2-1-3-6-17)29-30(23(20)18-7-4-12-27-14-18)25-28-21(15-33-25)24(31)32/h1-12,14-15H,13,26H2,(H,31,32). The minimum atomic E-state index is -1.07. The molecule has 0 unspecified atom stereocenters. The van der Waals surface area contributed by atoms with Crippen molar-refractivity contribution in [2.24, 2.45) is 5.14 Å². The molecule has 0 aliphatic carbocycles. The Balaban J connectivity index is 1.75. The Hall–Kier alpha value is -3.79. The molecule has 0 atom stereocenters. The molecule has 5 rings (SSSR count). The number of hydrogen-bond donors (Lipinski definition) is 2. The normalized spacial score (nSPS) is 11.0. The second-order valence-electron chi connectivity index (χ2n) is 7.45. The van der Waals surface area contributed by atoms with Gasteiger partial charge in [-0.1, -0.05) is 42.5 Å². The molecule has 5 aromatic rings. The number of pyridine rings is 1. The molecule has 0 aliphatic rings. The summed E-state index contributed by atoms with van der Waals surface area (Å²) in [5.74, 6) is -1.07.